The van der Waals surface area contributed by atoms with Gasteiger partial charge in [-0.2, -0.15) is 0 Å². The molecule has 0 saturated carbocycles. The summed E-state index contributed by atoms with van der Waals surface area (Å²) in [6.07, 6.45) is 0. The largest absolute Gasteiger partial charge is 0.456 e. The van der Waals surface area contributed by atoms with Gasteiger partial charge >= 0.3 is 0 Å². The maximum absolute atomic E-state index is 6.53. The Morgan fingerprint density at radius 1 is 0.339 bits per heavy atom. The molecule has 0 saturated heterocycles. The minimum atomic E-state index is 0.868. The van der Waals surface area contributed by atoms with Crippen molar-refractivity contribution in [3.8, 4) is 39.1 Å². The van der Waals surface area contributed by atoms with Gasteiger partial charge in [-0.3, -0.25) is 0 Å². The monoisotopic (exact) mass is 752 g/mol. The van der Waals surface area contributed by atoms with Gasteiger partial charge < -0.3 is 13.9 Å². The lowest BCUT2D eigenvalue weighted by atomic mass is 9.94. The van der Waals surface area contributed by atoms with Crippen molar-refractivity contribution in [2.45, 2.75) is 0 Å². The molecule has 0 fully saturated rings. The van der Waals surface area contributed by atoms with E-state index in [2.05, 4.69) is 228 Å². The maximum Gasteiger partial charge on any atom is 0.135 e. The summed E-state index contributed by atoms with van der Waals surface area (Å²) in [5.74, 6) is 0. The average Bonchev–Trinajstić information content (AvgIpc) is 3.85. The number of para-hydroxylation sites is 1. The third-order valence-electron chi connectivity index (χ3n) is 12.0. The molecule has 0 radical (unpaired) electrons. The number of benzene rings is 10. The molecule has 12 rings (SSSR count). The molecule has 59 heavy (non-hydrogen) atoms. The lowest BCUT2D eigenvalue weighted by molar-refractivity contribution is 0.669. The van der Waals surface area contributed by atoms with E-state index in [1.807, 2.05) is 0 Å². The number of fused-ring (bicyclic) bond motifs is 3. The van der Waals surface area contributed by atoms with Crippen LogP contribution in [0.1, 0.15) is 0 Å². The number of anilines is 3. The topological polar surface area (TPSA) is 21.3 Å². The first-order chi connectivity index (χ1) is 29.2. The van der Waals surface area contributed by atoms with Gasteiger partial charge in [0, 0.05) is 44.3 Å². The molecule has 276 valence electrons. The fraction of sp³-hybridized carbons (Fsp3) is 0. The average molecular weight is 753 g/mol. The molecule has 3 heteroatoms. The normalized spacial score (nSPS) is 11.7. The summed E-state index contributed by atoms with van der Waals surface area (Å²) in [5.41, 5.74) is 15.7. The number of nitrogens with zero attached hydrogens (tertiary/aromatic N) is 2. The molecule has 0 N–H and O–H groups in total. The van der Waals surface area contributed by atoms with Crippen LogP contribution in [-0.2, 0) is 0 Å². The molecule has 3 nitrogen and oxygen atoms in total. The Balaban J connectivity index is 1.00. The molecule has 0 atom stereocenters. The van der Waals surface area contributed by atoms with E-state index in [-0.39, 0.29) is 0 Å². The molecule has 0 unspecified atom stereocenters. The summed E-state index contributed by atoms with van der Waals surface area (Å²) < 4.78 is 8.93. The van der Waals surface area contributed by atoms with Gasteiger partial charge in [0.05, 0.1) is 11.0 Å². The first-order valence-electron chi connectivity index (χ1n) is 20.2. The zero-order chi connectivity index (χ0) is 38.9. The molecule has 12 aromatic rings. The standard InChI is InChI=1S/C56H36N2O/c1-4-11-37(12-5-1)39-19-25-44(26-20-39)57(45-27-21-40(22-28-45)38-13-6-2-7-14-38)46-29-34-54-50(36-46)49-35-42(24-33-53(49)59-54)47-31-32-52-56-48(47)30-23-41-15-10-18-51(55(41)56)58(52)43-16-8-3-9-17-43/h1-36H. The quantitative estimate of drug-likeness (QED) is 0.151. The van der Waals surface area contributed by atoms with Crippen molar-refractivity contribution in [2.75, 3.05) is 4.90 Å². The van der Waals surface area contributed by atoms with Gasteiger partial charge in [0.1, 0.15) is 11.2 Å². The number of rotatable bonds is 7. The van der Waals surface area contributed by atoms with Crippen LogP contribution in [0, 0.1) is 0 Å². The highest BCUT2D eigenvalue weighted by Gasteiger charge is 2.20. The van der Waals surface area contributed by atoms with Crippen molar-refractivity contribution in [3.63, 3.8) is 0 Å². The van der Waals surface area contributed by atoms with Crippen LogP contribution in [0.5, 0.6) is 0 Å². The van der Waals surface area contributed by atoms with E-state index >= 15 is 0 Å². The van der Waals surface area contributed by atoms with Gasteiger partial charge in [-0.25, -0.2) is 0 Å². The van der Waals surface area contributed by atoms with Gasteiger partial charge in [-0.1, -0.05) is 140 Å². The van der Waals surface area contributed by atoms with Crippen LogP contribution in [0.3, 0.4) is 0 Å². The summed E-state index contributed by atoms with van der Waals surface area (Å²) >= 11 is 0. The highest BCUT2D eigenvalue weighted by molar-refractivity contribution is 6.26. The van der Waals surface area contributed by atoms with E-state index in [0.29, 0.717) is 0 Å². The Hall–Kier alpha value is -7.88. The number of hydrogen-bond acceptors (Lipinski definition) is 2. The summed E-state index contributed by atoms with van der Waals surface area (Å²) in [5, 5.41) is 7.28. The molecule has 0 aliphatic heterocycles. The SMILES string of the molecule is c1ccc(-c2ccc(N(c3ccc(-c4ccccc4)cc3)c3ccc4oc5ccc(-c6ccc7c8c6ccc6cccc(c68)n7-c6ccccc6)cc5c4c3)cc2)cc1. The molecule has 0 spiro atoms. The maximum atomic E-state index is 6.53. The third kappa shape index (κ3) is 5.44. The summed E-state index contributed by atoms with van der Waals surface area (Å²) in [7, 11) is 0. The first kappa shape index (κ1) is 33.3. The number of aromatic nitrogens is 1. The fourth-order valence-corrected chi connectivity index (χ4v) is 9.18. The van der Waals surface area contributed by atoms with Crippen molar-refractivity contribution < 1.29 is 4.42 Å². The smallest absolute Gasteiger partial charge is 0.135 e. The van der Waals surface area contributed by atoms with Crippen LogP contribution in [0.4, 0.5) is 17.1 Å². The molecular weight excluding hydrogens is 717 g/mol. The van der Waals surface area contributed by atoms with Crippen LogP contribution in [0.15, 0.2) is 223 Å². The number of furan rings is 1. The minimum absolute atomic E-state index is 0.868. The summed E-state index contributed by atoms with van der Waals surface area (Å²) in [4.78, 5) is 2.34. The summed E-state index contributed by atoms with van der Waals surface area (Å²) in [6, 6.07) is 78.6. The van der Waals surface area contributed by atoms with Crippen LogP contribution < -0.4 is 4.90 Å². The van der Waals surface area contributed by atoms with Crippen LogP contribution in [0.25, 0.3) is 93.6 Å². The Morgan fingerprint density at radius 2 is 0.881 bits per heavy atom. The second kappa shape index (κ2) is 13.4. The zero-order valence-corrected chi connectivity index (χ0v) is 32.1. The fourth-order valence-electron chi connectivity index (χ4n) is 9.18. The Kier molecular flexibility index (Phi) is 7.54. The third-order valence-corrected chi connectivity index (χ3v) is 12.0. The van der Waals surface area contributed by atoms with E-state index < -0.39 is 0 Å². The van der Waals surface area contributed by atoms with Gasteiger partial charge in [-0.15, -0.1) is 0 Å². The van der Waals surface area contributed by atoms with Crippen LogP contribution >= 0.6 is 0 Å². The summed E-state index contributed by atoms with van der Waals surface area (Å²) in [6.45, 7) is 0. The highest BCUT2D eigenvalue weighted by atomic mass is 16.3. The van der Waals surface area contributed by atoms with E-state index in [4.69, 9.17) is 4.42 Å². The van der Waals surface area contributed by atoms with E-state index in [1.54, 1.807) is 0 Å². The van der Waals surface area contributed by atoms with E-state index in [0.717, 1.165) is 44.6 Å². The van der Waals surface area contributed by atoms with Crippen molar-refractivity contribution in [1.29, 1.82) is 0 Å². The molecule has 0 amide bonds. The lowest BCUT2D eigenvalue weighted by Gasteiger charge is -2.26. The lowest BCUT2D eigenvalue weighted by Crippen LogP contribution is -2.09. The van der Waals surface area contributed by atoms with Crippen LogP contribution in [0.2, 0.25) is 0 Å². The highest BCUT2D eigenvalue weighted by Crippen LogP contribution is 2.45. The van der Waals surface area contributed by atoms with Gasteiger partial charge in [0.2, 0.25) is 0 Å². The molecule has 10 aromatic carbocycles. The van der Waals surface area contributed by atoms with Gasteiger partial charge in [-0.05, 0) is 123 Å². The van der Waals surface area contributed by atoms with E-state index in [9.17, 15) is 0 Å². The predicted octanol–water partition coefficient (Wildman–Crippen LogP) is 15.7. The first-order valence-corrected chi connectivity index (χ1v) is 20.2. The molecule has 0 aliphatic carbocycles. The second-order valence-electron chi connectivity index (χ2n) is 15.3. The predicted molar refractivity (Wildman–Crippen MR) is 248 cm³/mol. The minimum Gasteiger partial charge on any atom is -0.456 e. The van der Waals surface area contributed by atoms with Crippen molar-refractivity contribution >= 4 is 71.6 Å². The van der Waals surface area contributed by atoms with Crippen LogP contribution in [-0.4, -0.2) is 4.57 Å². The zero-order valence-electron chi connectivity index (χ0n) is 32.1. The van der Waals surface area contributed by atoms with Gasteiger partial charge in [0.25, 0.3) is 0 Å². The molecule has 2 heterocycles. The van der Waals surface area contributed by atoms with E-state index in [1.165, 1.54) is 66.1 Å². The van der Waals surface area contributed by atoms with Crippen molar-refractivity contribution in [1.82, 2.24) is 4.57 Å². The van der Waals surface area contributed by atoms with Gasteiger partial charge in [0.15, 0.2) is 0 Å². The second-order valence-corrected chi connectivity index (χ2v) is 15.3. The Bertz CT molecular complexity index is 3370. The molecule has 0 bridgehead atoms. The van der Waals surface area contributed by atoms with Crippen molar-refractivity contribution in [2.24, 2.45) is 0 Å². The van der Waals surface area contributed by atoms with Crippen molar-refractivity contribution in [3.05, 3.63) is 218 Å². The molecular formula is C56H36N2O. The number of hydrogen-bond donors (Lipinski definition) is 0. The molecule has 2 aromatic heterocycles. The Labute approximate surface area is 341 Å². The Morgan fingerprint density at radius 3 is 1.54 bits per heavy atom. The molecule has 0 aliphatic rings.